The molecule has 1 unspecified atom stereocenters. The number of benzene rings is 1. The van der Waals surface area contributed by atoms with Crippen molar-refractivity contribution in [2.45, 2.75) is 38.3 Å². The van der Waals surface area contributed by atoms with Crippen molar-refractivity contribution >= 4 is 35.0 Å². The zero-order valence-corrected chi connectivity index (χ0v) is 15.8. The summed E-state index contributed by atoms with van der Waals surface area (Å²) in [7, 11) is 0. The van der Waals surface area contributed by atoms with Gasteiger partial charge in [-0.05, 0) is 56.4 Å². The molecule has 7 heteroatoms. The van der Waals surface area contributed by atoms with E-state index in [0.29, 0.717) is 6.42 Å². The van der Waals surface area contributed by atoms with Crippen molar-refractivity contribution in [3.05, 3.63) is 24.3 Å². The van der Waals surface area contributed by atoms with Crippen LogP contribution in [0.3, 0.4) is 0 Å². The highest BCUT2D eigenvalue weighted by Gasteiger charge is 2.20. The summed E-state index contributed by atoms with van der Waals surface area (Å²) in [5.41, 5.74) is 7.69. The molecule has 1 fully saturated rings. The summed E-state index contributed by atoms with van der Waals surface area (Å²) >= 11 is 1.64. The number of amides is 2. The van der Waals surface area contributed by atoms with Gasteiger partial charge in [-0.25, -0.2) is 0 Å². The standard InChI is InChI=1S/C18H28N4O2S/c1-13(20-18(24)16(19)8-11-25-2)17(23)21-14-6-5-7-15(12-14)22-9-3-4-10-22/h5-7,12-13,16H,3-4,8-11,19H2,1-2H3,(H,20,24)(H,21,23)/t13?,16-/m0/s1. The van der Waals surface area contributed by atoms with Crippen LogP contribution < -0.4 is 21.3 Å². The molecule has 1 aromatic rings. The normalized spacial score (nSPS) is 16.4. The van der Waals surface area contributed by atoms with Crippen LogP contribution in [0.15, 0.2) is 24.3 Å². The molecule has 1 aliphatic rings. The van der Waals surface area contributed by atoms with Gasteiger partial charge in [-0.3, -0.25) is 9.59 Å². The largest absolute Gasteiger partial charge is 0.371 e. The van der Waals surface area contributed by atoms with Gasteiger partial charge in [0, 0.05) is 24.5 Å². The molecule has 0 saturated carbocycles. The topological polar surface area (TPSA) is 87.5 Å². The van der Waals surface area contributed by atoms with Gasteiger partial charge in [0.1, 0.15) is 6.04 Å². The molecule has 1 aromatic carbocycles. The number of anilines is 2. The predicted molar refractivity (Wildman–Crippen MR) is 105 cm³/mol. The average Bonchev–Trinajstić information content (AvgIpc) is 3.14. The fourth-order valence-corrected chi connectivity index (χ4v) is 3.26. The van der Waals surface area contributed by atoms with Gasteiger partial charge in [0.2, 0.25) is 11.8 Å². The van der Waals surface area contributed by atoms with E-state index in [1.165, 1.54) is 12.8 Å². The Morgan fingerprint density at radius 3 is 2.68 bits per heavy atom. The van der Waals surface area contributed by atoms with E-state index < -0.39 is 12.1 Å². The molecule has 2 amide bonds. The molecule has 0 radical (unpaired) electrons. The fraction of sp³-hybridized carbons (Fsp3) is 0.556. The molecule has 138 valence electrons. The number of carbonyl (C=O) groups excluding carboxylic acids is 2. The molecular weight excluding hydrogens is 336 g/mol. The molecule has 1 saturated heterocycles. The number of hydrogen-bond acceptors (Lipinski definition) is 5. The number of hydrogen-bond donors (Lipinski definition) is 3. The quantitative estimate of drug-likeness (QED) is 0.655. The third-order valence-corrected chi connectivity index (χ3v) is 4.95. The van der Waals surface area contributed by atoms with Crippen LogP contribution in [0.5, 0.6) is 0 Å². The van der Waals surface area contributed by atoms with E-state index >= 15 is 0 Å². The van der Waals surface area contributed by atoms with Gasteiger partial charge < -0.3 is 21.3 Å². The van der Waals surface area contributed by atoms with Gasteiger partial charge in [0.25, 0.3) is 0 Å². The molecule has 2 rings (SSSR count). The Labute approximate surface area is 153 Å². The minimum absolute atomic E-state index is 0.246. The van der Waals surface area contributed by atoms with Gasteiger partial charge in [-0.1, -0.05) is 6.07 Å². The van der Waals surface area contributed by atoms with Crippen LogP contribution in [0.1, 0.15) is 26.2 Å². The number of carbonyl (C=O) groups is 2. The summed E-state index contributed by atoms with van der Waals surface area (Å²) in [4.78, 5) is 26.7. The molecule has 0 aliphatic carbocycles. The summed E-state index contributed by atoms with van der Waals surface area (Å²) in [6.45, 7) is 3.77. The lowest BCUT2D eigenvalue weighted by Crippen LogP contribution is -2.48. The zero-order chi connectivity index (χ0) is 18.2. The van der Waals surface area contributed by atoms with E-state index in [1.54, 1.807) is 18.7 Å². The van der Waals surface area contributed by atoms with Crippen LogP contribution >= 0.6 is 11.8 Å². The van der Waals surface area contributed by atoms with E-state index in [-0.39, 0.29) is 11.8 Å². The first-order valence-corrected chi connectivity index (χ1v) is 10.1. The Hall–Kier alpha value is -1.73. The van der Waals surface area contributed by atoms with Gasteiger partial charge in [0.15, 0.2) is 0 Å². The lowest BCUT2D eigenvalue weighted by atomic mass is 10.2. The van der Waals surface area contributed by atoms with Crippen molar-refractivity contribution in [1.29, 1.82) is 0 Å². The number of thioether (sulfide) groups is 1. The summed E-state index contributed by atoms with van der Waals surface area (Å²) in [5, 5.41) is 5.55. The third kappa shape index (κ3) is 5.93. The minimum Gasteiger partial charge on any atom is -0.371 e. The number of nitrogens with two attached hydrogens (primary N) is 1. The van der Waals surface area contributed by atoms with Crippen LogP contribution in [-0.2, 0) is 9.59 Å². The molecule has 4 N–H and O–H groups in total. The van der Waals surface area contributed by atoms with Crippen LogP contribution in [0, 0.1) is 0 Å². The van der Waals surface area contributed by atoms with Crippen LogP contribution in [0.4, 0.5) is 11.4 Å². The molecule has 1 aliphatic heterocycles. The van der Waals surface area contributed by atoms with Gasteiger partial charge in [0.05, 0.1) is 6.04 Å². The molecule has 1 heterocycles. The Morgan fingerprint density at radius 1 is 1.28 bits per heavy atom. The zero-order valence-electron chi connectivity index (χ0n) is 15.0. The highest BCUT2D eigenvalue weighted by Crippen LogP contribution is 2.23. The van der Waals surface area contributed by atoms with Crippen molar-refractivity contribution in [3.8, 4) is 0 Å². The highest BCUT2D eigenvalue weighted by atomic mass is 32.2. The van der Waals surface area contributed by atoms with Crippen molar-refractivity contribution in [2.75, 3.05) is 35.3 Å². The van der Waals surface area contributed by atoms with Crippen LogP contribution in [0.25, 0.3) is 0 Å². The summed E-state index contributed by atoms with van der Waals surface area (Å²) < 4.78 is 0. The van der Waals surface area contributed by atoms with E-state index in [0.717, 1.165) is 30.2 Å². The van der Waals surface area contributed by atoms with Crippen molar-refractivity contribution < 1.29 is 9.59 Å². The van der Waals surface area contributed by atoms with Gasteiger partial charge in [-0.2, -0.15) is 11.8 Å². The van der Waals surface area contributed by atoms with Crippen molar-refractivity contribution in [3.63, 3.8) is 0 Å². The SMILES string of the molecule is CSCC[C@H](N)C(=O)NC(C)C(=O)Nc1cccc(N2CCCC2)c1. The van der Waals surface area contributed by atoms with Crippen molar-refractivity contribution in [1.82, 2.24) is 5.32 Å². The van der Waals surface area contributed by atoms with Gasteiger partial charge >= 0.3 is 0 Å². The molecule has 6 nitrogen and oxygen atoms in total. The smallest absolute Gasteiger partial charge is 0.246 e. The first-order chi connectivity index (χ1) is 12.0. The van der Waals surface area contributed by atoms with E-state index in [2.05, 4.69) is 21.6 Å². The lowest BCUT2D eigenvalue weighted by Gasteiger charge is -2.20. The predicted octanol–water partition coefficient (Wildman–Crippen LogP) is 1.81. The molecule has 25 heavy (non-hydrogen) atoms. The Kier molecular flexibility index (Phi) is 7.58. The number of nitrogens with one attached hydrogen (secondary N) is 2. The summed E-state index contributed by atoms with van der Waals surface area (Å²) in [5.74, 6) is 0.282. The van der Waals surface area contributed by atoms with E-state index in [4.69, 9.17) is 5.73 Å². The van der Waals surface area contributed by atoms with E-state index in [9.17, 15) is 9.59 Å². The Balaban J connectivity index is 1.88. The second-order valence-electron chi connectivity index (χ2n) is 6.35. The monoisotopic (exact) mass is 364 g/mol. The van der Waals surface area contributed by atoms with Crippen molar-refractivity contribution in [2.24, 2.45) is 5.73 Å². The molecule has 0 spiro atoms. The molecule has 0 bridgehead atoms. The van der Waals surface area contributed by atoms with E-state index in [1.807, 2.05) is 24.5 Å². The average molecular weight is 365 g/mol. The number of nitrogens with zero attached hydrogens (tertiary/aromatic N) is 1. The second kappa shape index (κ2) is 9.68. The first kappa shape index (κ1) is 19.6. The maximum absolute atomic E-state index is 12.3. The summed E-state index contributed by atoms with van der Waals surface area (Å²) in [6.07, 6.45) is 4.98. The Bertz CT molecular complexity index is 590. The highest BCUT2D eigenvalue weighted by molar-refractivity contribution is 7.98. The maximum atomic E-state index is 12.3. The molecule has 0 aromatic heterocycles. The second-order valence-corrected chi connectivity index (χ2v) is 7.34. The third-order valence-electron chi connectivity index (χ3n) is 4.31. The minimum atomic E-state index is -0.636. The van der Waals surface area contributed by atoms with Crippen LogP contribution in [0.2, 0.25) is 0 Å². The molecule has 2 atom stereocenters. The first-order valence-electron chi connectivity index (χ1n) is 8.72. The number of rotatable bonds is 8. The fourth-order valence-electron chi connectivity index (χ4n) is 2.77. The summed E-state index contributed by atoms with van der Waals surface area (Å²) in [6, 6.07) is 6.60. The van der Waals surface area contributed by atoms with Crippen LogP contribution in [-0.4, -0.2) is 49.0 Å². The Morgan fingerprint density at radius 2 is 2.00 bits per heavy atom. The van der Waals surface area contributed by atoms with Gasteiger partial charge in [-0.15, -0.1) is 0 Å². The molecular formula is C18H28N4O2S. The maximum Gasteiger partial charge on any atom is 0.246 e. The lowest BCUT2D eigenvalue weighted by molar-refractivity contribution is -0.127.